The van der Waals surface area contributed by atoms with Crippen LogP contribution < -0.4 is 14.8 Å². The Morgan fingerprint density at radius 3 is 3.04 bits per heavy atom. The second-order valence-corrected chi connectivity index (χ2v) is 7.30. The first-order chi connectivity index (χ1) is 13.7. The summed E-state index contributed by atoms with van der Waals surface area (Å²) in [5.41, 5.74) is 0.784. The van der Waals surface area contributed by atoms with Gasteiger partial charge in [-0.2, -0.15) is 0 Å². The van der Waals surface area contributed by atoms with Crippen LogP contribution in [0, 0.1) is 0 Å². The normalized spacial score (nSPS) is 15.9. The first-order valence-corrected chi connectivity index (χ1v) is 10.0. The molecule has 28 heavy (non-hydrogen) atoms. The number of nitrogens with zero attached hydrogens (tertiary/aromatic N) is 3. The van der Waals surface area contributed by atoms with E-state index in [2.05, 4.69) is 20.1 Å². The lowest BCUT2D eigenvalue weighted by molar-refractivity contribution is -0.116. The number of amides is 1. The number of nitrogens with one attached hydrogen (secondary N) is 1. The number of benzene rings is 1. The zero-order chi connectivity index (χ0) is 19.3. The standard InChI is InChI=1S/C20H23ClN4O3/c21-15-12-14(13-16-20(15)28-11-10-27-16)5-6-19(26)22-8-7-18-24-23-17-4-2-1-3-9-25(17)18/h5-6,12-13H,1-4,7-11H2,(H,22,26). The summed E-state index contributed by atoms with van der Waals surface area (Å²) in [6.45, 7) is 2.46. The molecule has 2 aromatic rings. The van der Waals surface area contributed by atoms with Crippen LogP contribution in [0.25, 0.3) is 6.08 Å². The van der Waals surface area contributed by atoms with Crippen LogP contribution in [0.2, 0.25) is 5.02 Å². The fourth-order valence-corrected chi connectivity index (χ4v) is 3.76. The summed E-state index contributed by atoms with van der Waals surface area (Å²) < 4.78 is 13.3. The Morgan fingerprint density at radius 2 is 2.11 bits per heavy atom. The summed E-state index contributed by atoms with van der Waals surface area (Å²) in [7, 11) is 0. The van der Waals surface area contributed by atoms with Crippen molar-refractivity contribution in [2.45, 2.75) is 38.6 Å². The summed E-state index contributed by atoms with van der Waals surface area (Å²) in [6.07, 6.45) is 8.42. The minimum absolute atomic E-state index is 0.165. The van der Waals surface area contributed by atoms with E-state index in [0.717, 1.165) is 36.6 Å². The van der Waals surface area contributed by atoms with Crippen molar-refractivity contribution in [2.24, 2.45) is 0 Å². The van der Waals surface area contributed by atoms with Gasteiger partial charge in [-0.05, 0) is 36.6 Å². The molecule has 0 bridgehead atoms. The third-order valence-corrected chi connectivity index (χ3v) is 5.16. The lowest BCUT2D eigenvalue weighted by Gasteiger charge is -2.19. The van der Waals surface area contributed by atoms with Crippen LogP contribution in [0.1, 0.15) is 36.5 Å². The number of carbonyl (C=O) groups excluding carboxylic acids is 1. The summed E-state index contributed by atoms with van der Waals surface area (Å²) in [5, 5.41) is 11.9. The molecule has 1 N–H and O–H groups in total. The van der Waals surface area contributed by atoms with Gasteiger partial charge in [0.2, 0.25) is 5.91 Å². The van der Waals surface area contributed by atoms with Gasteiger partial charge < -0.3 is 19.4 Å². The Bertz CT molecular complexity index is 894. The average Bonchev–Trinajstić information content (AvgIpc) is 2.93. The van der Waals surface area contributed by atoms with Crippen LogP contribution in [0.4, 0.5) is 0 Å². The number of carbonyl (C=O) groups is 1. The molecule has 0 saturated carbocycles. The van der Waals surface area contributed by atoms with Crippen molar-refractivity contribution in [1.29, 1.82) is 0 Å². The van der Waals surface area contributed by atoms with Crippen LogP contribution in [-0.2, 0) is 24.2 Å². The zero-order valence-electron chi connectivity index (χ0n) is 15.6. The van der Waals surface area contributed by atoms with Gasteiger partial charge in [-0.25, -0.2) is 0 Å². The number of hydrogen-bond acceptors (Lipinski definition) is 5. The first kappa shape index (κ1) is 18.8. The van der Waals surface area contributed by atoms with Crippen molar-refractivity contribution in [3.8, 4) is 11.5 Å². The summed E-state index contributed by atoms with van der Waals surface area (Å²) in [4.78, 5) is 12.1. The fourth-order valence-electron chi connectivity index (χ4n) is 3.49. The van der Waals surface area contributed by atoms with Gasteiger partial charge in [-0.1, -0.05) is 18.0 Å². The van der Waals surface area contributed by atoms with E-state index in [4.69, 9.17) is 21.1 Å². The number of hydrogen-bond donors (Lipinski definition) is 1. The molecule has 2 aliphatic rings. The van der Waals surface area contributed by atoms with E-state index < -0.39 is 0 Å². The molecule has 0 radical (unpaired) electrons. The minimum atomic E-state index is -0.165. The highest BCUT2D eigenvalue weighted by Crippen LogP contribution is 2.38. The molecule has 0 atom stereocenters. The molecule has 2 aliphatic heterocycles. The van der Waals surface area contributed by atoms with E-state index >= 15 is 0 Å². The third-order valence-electron chi connectivity index (χ3n) is 4.88. The largest absolute Gasteiger partial charge is 0.486 e. The van der Waals surface area contributed by atoms with Crippen LogP contribution in [0.5, 0.6) is 11.5 Å². The Kier molecular flexibility index (Phi) is 5.81. The molecule has 0 saturated heterocycles. The van der Waals surface area contributed by atoms with Crippen molar-refractivity contribution in [3.63, 3.8) is 0 Å². The second kappa shape index (κ2) is 8.65. The first-order valence-electron chi connectivity index (χ1n) is 9.67. The molecular weight excluding hydrogens is 380 g/mol. The zero-order valence-corrected chi connectivity index (χ0v) is 16.4. The molecule has 7 nitrogen and oxygen atoms in total. The predicted molar refractivity (Wildman–Crippen MR) is 106 cm³/mol. The smallest absolute Gasteiger partial charge is 0.244 e. The van der Waals surface area contributed by atoms with Crippen molar-refractivity contribution in [3.05, 3.63) is 40.4 Å². The monoisotopic (exact) mass is 402 g/mol. The van der Waals surface area contributed by atoms with Crippen LogP contribution in [0.3, 0.4) is 0 Å². The number of aryl methyl sites for hydroxylation is 1. The van der Waals surface area contributed by atoms with Gasteiger partial charge >= 0.3 is 0 Å². The molecular formula is C20H23ClN4O3. The van der Waals surface area contributed by atoms with Crippen LogP contribution in [-0.4, -0.2) is 40.4 Å². The van der Waals surface area contributed by atoms with Gasteiger partial charge in [-0.3, -0.25) is 4.79 Å². The Hall–Kier alpha value is -2.54. The predicted octanol–water partition coefficient (Wildman–Crippen LogP) is 2.80. The van der Waals surface area contributed by atoms with Gasteiger partial charge in [0.15, 0.2) is 11.5 Å². The Balaban J connectivity index is 1.31. The number of rotatable bonds is 5. The maximum atomic E-state index is 12.1. The van der Waals surface area contributed by atoms with E-state index in [1.165, 1.54) is 18.9 Å². The summed E-state index contributed by atoms with van der Waals surface area (Å²) in [6, 6.07) is 3.57. The molecule has 148 valence electrons. The molecule has 1 amide bonds. The SMILES string of the molecule is O=C(C=Cc1cc(Cl)c2c(c1)OCCO2)NCCc1nnc2n1CCCCC2. The van der Waals surface area contributed by atoms with E-state index in [9.17, 15) is 4.79 Å². The van der Waals surface area contributed by atoms with Crippen molar-refractivity contribution in [2.75, 3.05) is 19.8 Å². The molecule has 1 aromatic carbocycles. The van der Waals surface area contributed by atoms with Gasteiger partial charge in [0.1, 0.15) is 24.9 Å². The van der Waals surface area contributed by atoms with E-state index in [1.807, 2.05) is 6.07 Å². The van der Waals surface area contributed by atoms with Crippen molar-refractivity contribution >= 4 is 23.6 Å². The topological polar surface area (TPSA) is 78.3 Å². The molecule has 0 aliphatic carbocycles. The lowest BCUT2D eigenvalue weighted by Crippen LogP contribution is -2.24. The van der Waals surface area contributed by atoms with Gasteiger partial charge in [-0.15, -0.1) is 10.2 Å². The van der Waals surface area contributed by atoms with Gasteiger partial charge in [0.25, 0.3) is 0 Å². The molecule has 4 rings (SSSR count). The van der Waals surface area contributed by atoms with E-state index in [0.29, 0.717) is 42.7 Å². The highest BCUT2D eigenvalue weighted by Gasteiger charge is 2.16. The maximum absolute atomic E-state index is 12.1. The van der Waals surface area contributed by atoms with Crippen molar-refractivity contribution < 1.29 is 14.3 Å². The molecule has 1 aromatic heterocycles. The number of ether oxygens (including phenoxy) is 2. The molecule has 0 spiro atoms. The van der Waals surface area contributed by atoms with Crippen LogP contribution in [0.15, 0.2) is 18.2 Å². The number of fused-ring (bicyclic) bond motifs is 2. The van der Waals surface area contributed by atoms with Crippen molar-refractivity contribution in [1.82, 2.24) is 20.1 Å². The highest BCUT2D eigenvalue weighted by molar-refractivity contribution is 6.32. The Morgan fingerprint density at radius 1 is 1.21 bits per heavy atom. The highest BCUT2D eigenvalue weighted by atomic mass is 35.5. The minimum Gasteiger partial charge on any atom is -0.486 e. The molecule has 3 heterocycles. The second-order valence-electron chi connectivity index (χ2n) is 6.90. The van der Waals surface area contributed by atoms with E-state index in [-0.39, 0.29) is 5.91 Å². The van der Waals surface area contributed by atoms with Crippen LogP contribution >= 0.6 is 11.6 Å². The number of halogens is 1. The summed E-state index contributed by atoms with van der Waals surface area (Å²) in [5.74, 6) is 3.00. The third kappa shape index (κ3) is 4.30. The summed E-state index contributed by atoms with van der Waals surface area (Å²) >= 11 is 6.22. The van der Waals surface area contributed by atoms with E-state index in [1.54, 1.807) is 12.1 Å². The lowest BCUT2D eigenvalue weighted by atomic mass is 10.1. The molecule has 0 fully saturated rings. The maximum Gasteiger partial charge on any atom is 0.244 e. The number of aromatic nitrogens is 3. The molecule has 0 unspecified atom stereocenters. The quantitative estimate of drug-likeness (QED) is 0.778. The fraction of sp³-hybridized carbons (Fsp3) is 0.450. The average molecular weight is 403 g/mol. The Labute approximate surface area is 168 Å². The van der Waals surface area contributed by atoms with Gasteiger partial charge in [0.05, 0.1) is 5.02 Å². The van der Waals surface area contributed by atoms with Gasteiger partial charge in [0, 0.05) is 32.0 Å². The molecule has 8 heteroatoms.